The summed E-state index contributed by atoms with van der Waals surface area (Å²) in [6.07, 6.45) is 3.26. The van der Waals surface area contributed by atoms with Crippen LogP contribution in [-0.2, 0) is 16.0 Å². The molecule has 3 nitrogen and oxygen atoms in total. The maximum absolute atomic E-state index is 11.5. The zero-order valence-corrected chi connectivity index (χ0v) is 9.89. The van der Waals surface area contributed by atoms with E-state index in [0.29, 0.717) is 25.7 Å². The molecule has 0 heterocycles. The van der Waals surface area contributed by atoms with Crippen molar-refractivity contribution >= 4 is 11.8 Å². The van der Waals surface area contributed by atoms with Gasteiger partial charge in [-0.05, 0) is 24.8 Å². The summed E-state index contributed by atoms with van der Waals surface area (Å²) in [5.74, 6) is -0.569. The maximum Gasteiger partial charge on any atom is 0.303 e. The molecule has 0 aliphatic rings. The number of rotatable bonds is 8. The highest BCUT2D eigenvalue weighted by Gasteiger charge is 2.03. The Morgan fingerprint density at radius 3 is 2.24 bits per heavy atom. The number of aryl methyl sites for hydroxylation is 1. The third-order valence-corrected chi connectivity index (χ3v) is 2.63. The molecule has 0 atom stereocenters. The number of carboxylic acids is 1. The molecular formula is C14H18O3. The van der Waals surface area contributed by atoms with Crippen LogP contribution in [0.1, 0.15) is 37.7 Å². The van der Waals surface area contributed by atoms with Gasteiger partial charge in [-0.2, -0.15) is 0 Å². The molecule has 0 radical (unpaired) electrons. The number of unbranched alkanes of at least 4 members (excludes halogenated alkanes) is 1. The molecule has 1 aromatic carbocycles. The fourth-order valence-corrected chi connectivity index (χ4v) is 1.65. The molecule has 92 valence electrons. The van der Waals surface area contributed by atoms with Crippen LogP contribution in [0.5, 0.6) is 0 Å². The molecule has 1 aromatic rings. The van der Waals surface area contributed by atoms with Gasteiger partial charge in [0, 0.05) is 19.3 Å². The van der Waals surface area contributed by atoms with Crippen LogP contribution in [0.2, 0.25) is 0 Å². The van der Waals surface area contributed by atoms with Crippen LogP contribution in [0.3, 0.4) is 0 Å². The van der Waals surface area contributed by atoms with Gasteiger partial charge in [0.1, 0.15) is 5.78 Å². The molecule has 0 spiro atoms. The number of carbonyl (C=O) groups is 2. The van der Waals surface area contributed by atoms with Gasteiger partial charge in [0.2, 0.25) is 0 Å². The van der Waals surface area contributed by atoms with E-state index in [-0.39, 0.29) is 12.2 Å². The van der Waals surface area contributed by atoms with Crippen molar-refractivity contribution in [3.05, 3.63) is 35.9 Å². The molecule has 1 rings (SSSR count). The molecule has 3 heteroatoms. The minimum absolute atomic E-state index is 0.159. The molecule has 0 aromatic heterocycles. The maximum atomic E-state index is 11.5. The smallest absolute Gasteiger partial charge is 0.303 e. The largest absolute Gasteiger partial charge is 0.481 e. The molecule has 17 heavy (non-hydrogen) atoms. The predicted octanol–water partition coefficient (Wildman–Crippen LogP) is 2.83. The summed E-state index contributed by atoms with van der Waals surface area (Å²) in [4.78, 5) is 21.8. The van der Waals surface area contributed by atoms with E-state index in [9.17, 15) is 9.59 Å². The molecule has 0 bridgehead atoms. The number of hydrogen-bond acceptors (Lipinski definition) is 2. The Hall–Kier alpha value is -1.64. The molecule has 1 N–H and O–H groups in total. The van der Waals surface area contributed by atoms with E-state index in [1.54, 1.807) is 0 Å². The first-order valence-corrected chi connectivity index (χ1v) is 5.96. The van der Waals surface area contributed by atoms with Gasteiger partial charge in [-0.3, -0.25) is 9.59 Å². The normalized spacial score (nSPS) is 10.1. The topological polar surface area (TPSA) is 54.4 Å². The number of aliphatic carboxylic acids is 1. The van der Waals surface area contributed by atoms with E-state index in [1.165, 1.54) is 5.56 Å². The van der Waals surface area contributed by atoms with E-state index < -0.39 is 5.97 Å². The van der Waals surface area contributed by atoms with Crippen LogP contribution in [0.4, 0.5) is 0 Å². The van der Waals surface area contributed by atoms with Crippen LogP contribution in [0.25, 0.3) is 0 Å². The Kier molecular flexibility index (Phi) is 6.00. The van der Waals surface area contributed by atoms with E-state index in [2.05, 4.69) is 0 Å². The first-order valence-electron chi connectivity index (χ1n) is 5.96. The highest BCUT2D eigenvalue weighted by atomic mass is 16.4. The van der Waals surface area contributed by atoms with Crippen molar-refractivity contribution in [2.24, 2.45) is 0 Å². The Bertz CT molecular complexity index is 357. The summed E-state index contributed by atoms with van der Waals surface area (Å²) in [6.45, 7) is 0. The number of benzene rings is 1. The van der Waals surface area contributed by atoms with Gasteiger partial charge in [-0.15, -0.1) is 0 Å². The van der Waals surface area contributed by atoms with Crippen molar-refractivity contribution in [1.29, 1.82) is 0 Å². The molecule has 0 saturated carbocycles. The standard InChI is InChI=1S/C14H18O3/c15-13(8-4-5-9-14(16)17)11-10-12-6-2-1-3-7-12/h1-3,6-7H,4-5,8-11H2,(H,16,17). The summed E-state index contributed by atoms with van der Waals surface area (Å²) in [7, 11) is 0. The summed E-state index contributed by atoms with van der Waals surface area (Å²) >= 11 is 0. The van der Waals surface area contributed by atoms with Crippen molar-refractivity contribution in [1.82, 2.24) is 0 Å². The minimum Gasteiger partial charge on any atom is -0.481 e. The predicted molar refractivity (Wildman–Crippen MR) is 65.9 cm³/mol. The van der Waals surface area contributed by atoms with Crippen LogP contribution < -0.4 is 0 Å². The summed E-state index contributed by atoms with van der Waals surface area (Å²) in [5.41, 5.74) is 1.17. The molecule has 0 fully saturated rings. The quantitative estimate of drug-likeness (QED) is 0.704. The first-order chi connectivity index (χ1) is 8.18. The van der Waals surface area contributed by atoms with Gasteiger partial charge in [-0.25, -0.2) is 0 Å². The van der Waals surface area contributed by atoms with Crippen molar-refractivity contribution in [3.63, 3.8) is 0 Å². The fourth-order valence-electron chi connectivity index (χ4n) is 1.65. The molecule has 0 unspecified atom stereocenters. The van der Waals surface area contributed by atoms with Crippen molar-refractivity contribution in [2.45, 2.75) is 38.5 Å². The lowest BCUT2D eigenvalue weighted by Crippen LogP contribution is -2.01. The Labute approximate surface area is 101 Å². The molecule has 0 amide bonds. The van der Waals surface area contributed by atoms with Gasteiger partial charge in [0.25, 0.3) is 0 Å². The molecule has 0 saturated heterocycles. The van der Waals surface area contributed by atoms with Crippen LogP contribution in [-0.4, -0.2) is 16.9 Å². The fraction of sp³-hybridized carbons (Fsp3) is 0.429. The zero-order valence-electron chi connectivity index (χ0n) is 9.89. The van der Waals surface area contributed by atoms with Gasteiger partial charge < -0.3 is 5.11 Å². The Morgan fingerprint density at radius 2 is 1.59 bits per heavy atom. The zero-order chi connectivity index (χ0) is 12.5. The monoisotopic (exact) mass is 234 g/mol. The summed E-state index contributed by atoms with van der Waals surface area (Å²) in [6, 6.07) is 9.91. The number of carbonyl (C=O) groups excluding carboxylic acids is 1. The van der Waals surface area contributed by atoms with Crippen LogP contribution >= 0.6 is 0 Å². The number of ketones is 1. The van der Waals surface area contributed by atoms with E-state index in [0.717, 1.165) is 6.42 Å². The van der Waals surface area contributed by atoms with Crippen LogP contribution in [0.15, 0.2) is 30.3 Å². The minimum atomic E-state index is -0.790. The average Bonchev–Trinajstić information content (AvgIpc) is 2.33. The summed E-state index contributed by atoms with van der Waals surface area (Å²) < 4.78 is 0. The van der Waals surface area contributed by atoms with Crippen molar-refractivity contribution in [2.75, 3.05) is 0 Å². The lowest BCUT2D eigenvalue weighted by Gasteiger charge is -2.01. The highest BCUT2D eigenvalue weighted by molar-refractivity contribution is 5.78. The SMILES string of the molecule is O=C(O)CCCCC(=O)CCc1ccccc1. The third kappa shape index (κ3) is 6.51. The van der Waals surface area contributed by atoms with E-state index in [4.69, 9.17) is 5.11 Å². The van der Waals surface area contributed by atoms with Gasteiger partial charge in [0.05, 0.1) is 0 Å². The second-order valence-electron chi connectivity index (χ2n) is 4.13. The number of carboxylic acid groups (broad SMARTS) is 1. The van der Waals surface area contributed by atoms with Crippen LogP contribution in [0, 0.1) is 0 Å². The molecule has 0 aliphatic heterocycles. The van der Waals surface area contributed by atoms with Gasteiger partial charge in [0.15, 0.2) is 0 Å². The van der Waals surface area contributed by atoms with Gasteiger partial charge in [-0.1, -0.05) is 30.3 Å². The molecule has 0 aliphatic carbocycles. The summed E-state index contributed by atoms with van der Waals surface area (Å²) in [5, 5.41) is 8.45. The van der Waals surface area contributed by atoms with E-state index >= 15 is 0 Å². The number of hydrogen-bond donors (Lipinski definition) is 1. The highest BCUT2D eigenvalue weighted by Crippen LogP contribution is 2.07. The second-order valence-corrected chi connectivity index (χ2v) is 4.13. The average molecular weight is 234 g/mol. The lowest BCUT2D eigenvalue weighted by atomic mass is 10.0. The lowest BCUT2D eigenvalue weighted by molar-refractivity contribution is -0.137. The molecular weight excluding hydrogens is 216 g/mol. The van der Waals surface area contributed by atoms with E-state index in [1.807, 2.05) is 30.3 Å². The Balaban J connectivity index is 2.11. The van der Waals surface area contributed by atoms with Crippen molar-refractivity contribution in [3.8, 4) is 0 Å². The third-order valence-electron chi connectivity index (χ3n) is 2.63. The first kappa shape index (κ1) is 13.4. The second kappa shape index (κ2) is 7.60. The van der Waals surface area contributed by atoms with Crippen molar-refractivity contribution < 1.29 is 14.7 Å². The number of Topliss-reactive ketones (excluding diaryl/α,β-unsaturated/α-hetero) is 1. The Morgan fingerprint density at radius 1 is 0.941 bits per heavy atom. The van der Waals surface area contributed by atoms with Gasteiger partial charge >= 0.3 is 5.97 Å².